The number of imidazole rings is 1. The van der Waals surface area contributed by atoms with Crippen molar-refractivity contribution in [3.8, 4) is 17.3 Å². The van der Waals surface area contributed by atoms with Gasteiger partial charge in [-0.2, -0.15) is 13.2 Å². The van der Waals surface area contributed by atoms with Crippen LogP contribution in [0.25, 0.3) is 5.69 Å². The topological polar surface area (TPSA) is 60.2 Å². The molecule has 1 aliphatic heterocycles. The van der Waals surface area contributed by atoms with Gasteiger partial charge in [-0.3, -0.25) is 4.79 Å². The molecule has 4 aromatic rings. The summed E-state index contributed by atoms with van der Waals surface area (Å²) < 4.78 is 60.1. The first kappa shape index (κ1) is 22.6. The summed E-state index contributed by atoms with van der Waals surface area (Å²) in [4.78, 5) is 23.0. The van der Waals surface area contributed by atoms with Gasteiger partial charge in [0, 0.05) is 31.2 Å². The largest absolute Gasteiger partial charge is 0.435 e. The monoisotopic (exact) mass is 482 g/mol. The molecule has 0 saturated heterocycles. The van der Waals surface area contributed by atoms with E-state index in [1.165, 1.54) is 6.20 Å². The Morgan fingerprint density at radius 1 is 1.06 bits per heavy atom. The minimum atomic E-state index is -4.68. The number of carbonyl (C=O) groups excluding carboxylic acids is 1. The van der Waals surface area contributed by atoms with E-state index in [1.807, 2.05) is 42.0 Å². The van der Waals surface area contributed by atoms with Gasteiger partial charge in [-0.1, -0.05) is 12.1 Å². The number of carbonyl (C=O) groups is 1. The van der Waals surface area contributed by atoms with Crippen molar-refractivity contribution in [3.05, 3.63) is 101 Å². The van der Waals surface area contributed by atoms with Gasteiger partial charge in [-0.05, 0) is 54.4 Å². The number of halogens is 4. The number of rotatable bonds is 5. The quantitative estimate of drug-likeness (QED) is 0.344. The Morgan fingerprint density at radius 2 is 1.83 bits per heavy atom. The fraction of sp³-hybridized carbons (Fsp3) is 0.160. The number of aryl methyl sites for hydroxylation is 1. The van der Waals surface area contributed by atoms with E-state index < -0.39 is 23.3 Å². The van der Waals surface area contributed by atoms with Gasteiger partial charge in [0.15, 0.2) is 11.6 Å². The Bertz CT molecular complexity index is 1410. The molecule has 35 heavy (non-hydrogen) atoms. The number of alkyl halides is 3. The van der Waals surface area contributed by atoms with Crippen LogP contribution in [-0.2, 0) is 19.3 Å². The second kappa shape index (κ2) is 8.53. The van der Waals surface area contributed by atoms with Crippen molar-refractivity contribution in [2.24, 2.45) is 0 Å². The van der Waals surface area contributed by atoms with Gasteiger partial charge in [-0.25, -0.2) is 14.4 Å². The van der Waals surface area contributed by atoms with Crippen LogP contribution in [0.15, 0.2) is 67.3 Å². The van der Waals surface area contributed by atoms with Gasteiger partial charge in [0.2, 0.25) is 5.88 Å². The smallest absolute Gasteiger partial charge is 0.416 e. The summed E-state index contributed by atoms with van der Waals surface area (Å²) in [6.45, 7) is 2.52. The lowest BCUT2D eigenvalue weighted by Gasteiger charge is -2.16. The summed E-state index contributed by atoms with van der Waals surface area (Å²) in [6, 6.07) is 11.3. The molecule has 10 heteroatoms. The van der Waals surface area contributed by atoms with Gasteiger partial charge in [0.1, 0.15) is 5.56 Å². The van der Waals surface area contributed by atoms with E-state index in [0.717, 1.165) is 23.0 Å². The van der Waals surface area contributed by atoms with Crippen molar-refractivity contribution < 1.29 is 27.1 Å². The highest BCUT2D eigenvalue weighted by molar-refractivity contribution is 6.00. The zero-order valence-corrected chi connectivity index (χ0v) is 18.4. The van der Waals surface area contributed by atoms with E-state index in [1.54, 1.807) is 17.3 Å². The predicted octanol–water partition coefficient (Wildman–Crippen LogP) is 5.68. The first-order valence-electron chi connectivity index (χ1n) is 10.6. The number of hydrogen-bond donors (Lipinski definition) is 0. The molecule has 0 atom stereocenters. The molecule has 6 nitrogen and oxygen atoms in total. The summed E-state index contributed by atoms with van der Waals surface area (Å²) in [6.07, 6.45) is 0.357. The number of aromatic nitrogens is 3. The molecule has 2 aromatic heterocycles. The fourth-order valence-corrected chi connectivity index (χ4v) is 3.90. The molecule has 1 aliphatic rings. The Labute approximate surface area is 197 Å². The van der Waals surface area contributed by atoms with Crippen molar-refractivity contribution in [2.75, 3.05) is 0 Å². The van der Waals surface area contributed by atoms with Crippen LogP contribution in [0.1, 0.15) is 32.7 Å². The average Bonchev–Trinajstić information content (AvgIpc) is 3.39. The van der Waals surface area contributed by atoms with Crippen LogP contribution in [0.5, 0.6) is 11.6 Å². The number of fused-ring (bicyclic) bond motifs is 1. The summed E-state index contributed by atoms with van der Waals surface area (Å²) in [5.41, 5.74) is 2.40. The van der Waals surface area contributed by atoms with Crippen molar-refractivity contribution in [3.63, 3.8) is 0 Å². The fourth-order valence-electron chi connectivity index (χ4n) is 3.90. The van der Waals surface area contributed by atoms with Gasteiger partial charge in [-0.15, -0.1) is 0 Å². The molecule has 2 aromatic carbocycles. The van der Waals surface area contributed by atoms with Gasteiger partial charge < -0.3 is 14.2 Å². The molecule has 0 saturated carbocycles. The number of nitrogens with zero attached hydrogens (tertiary/aromatic N) is 4. The molecule has 0 bridgehead atoms. The molecule has 0 radical (unpaired) electrons. The zero-order chi connectivity index (χ0) is 24.7. The van der Waals surface area contributed by atoms with E-state index in [9.17, 15) is 22.4 Å². The minimum absolute atomic E-state index is 0.153. The minimum Gasteiger partial charge on any atom is -0.435 e. The first-order valence-corrected chi connectivity index (χ1v) is 10.6. The molecule has 5 rings (SSSR count). The molecular weight excluding hydrogens is 464 g/mol. The van der Waals surface area contributed by atoms with Crippen molar-refractivity contribution in [1.82, 2.24) is 19.4 Å². The Morgan fingerprint density at radius 3 is 2.49 bits per heavy atom. The lowest BCUT2D eigenvalue weighted by atomic mass is 10.1. The third-order valence-electron chi connectivity index (χ3n) is 5.65. The second-order valence-electron chi connectivity index (χ2n) is 8.15. The van der Waals surface area contributed by atoms with Gasteiger partial charge in [0.05, 0.1) is 17.6 Å². The third kappa shape index (κ3) is 4.46. The van der Waals surface area contributed by atoms with E-state index in [-0.39, 0.29) is 17.4 Å². The molecular formula is C25H18F4N4O2. The normalized spacial score (nSPS) is 13.3. The Hall–Kier alpha value is -4.21. The molecule has 0 fully saturated rings. The number of hydrogen-bond acceptors (Lipinski definition) is 4. The number of benzene rings is 2. The predicted molar refractivity (Wildman–Crippen MR) is 118 cm³/mol. The lowest BCUT2D eigenvalue weighted by Crippen LogP contribution is -2.23. The maximum absolute atomic E-state index is 14.3. The zero-order valence-electron chi connectivity index (χ0n) is 18.4. The summed E-state index contributed by atoms with van der Waals surface area (Å²) in [7, 11) is 0. The van der Waals surface area contributed by atoms with Crippen LogP contribution in [0.3, 0.4) is 0 Å². The van der Waals surface area contributed by atoms with Gasteiger partial charge >= 0.3 is 6.18 Å². The Kier molecular flexibility index (Phi) is 5.50. The van der Waals surface area contributed by atoms with Crippen molar-refractivity contribution in [2.45, 2.75) is 26.2 Å². The standard InChI is InChI=1S/C25H18F4N4O2/c1-15-11-33(14-31-15)19-5-2-16(3-6-19)12-32-13-17-8-9-30-23(22(17)24(32)34)35-21-7-4-18(10-20(21)26)25(27,28)29/h2-11,14H,12-13H2,1H3. The highest BCUT2D eigenvalue weighted by Crippen LogP contribution is 2.36. The van der Waals surface area contributed by atoms with Crippen molar-refractivity contribution >= 4 is 5.91 Å². The highest BCUT2D eigenvalue weighted by Gasteiger charge is 2.33. The molecule has 0 aliphatic carbocycles. The molecule has 0 spiro atoms. The molecule has 1 amide bonds. The average molecular weight is 482 g/mol. The molecule has 0 unspecified atom stereocenters. The summed E-state index contributed by atoms with van der Waals surface area (Å²) >= 11 is 0. The number of pyridine rings is 1. The second-order valence-corrected chi connectivity index (χ2v) is 8.15. The molecule has 178 valence electrons. The van der Waals surface area contributed by atoms with Crippen molar-refractivity contribution in [1.29, 1.82) is 0 Å². The van der Waals surface area contributed by atoms with Crippen LogP contribution in [0.2, 0.25) is 0 Å². The van der Waals surface area contributed by atoms with E-state index >= 15 is 0 Å². The van der Waals surface area contributed by atoms with Crippen LogP contribution in [0, 0.1) is 12.7 Å². The van der Waals surface area contributed by atoms with Crippen LogP contribution >= 0.6 is 0 Å². The number of ether oxygens (including phenoxy) is 1. The Balaban J connectivity index is 1.34. The van der Waals surface area contributed by atoms with E-state index in [0.29, 0.717) is 30.8 Å². The van der Waals surface area contributed by atoms with Crippen LogP contribution in [0.4, 0.5) is 17.6 Å². The number of amides is 1. The van der Waals surface area contributed by atoms with E-state index in [4.69, 9.17) is 4.74 Å². The summed E-state index contributed by atoms with van der Waals surface area (Å²) in [5, 5.41) is 0. The first-order chi connectivity index (χ1) is 16.7. The molecule has 0 N–H and O–H groups in total. The summed E-state index contributed by atoms with van der Waals surface area (Å²) in [5.74, 6) is -2.16. The van der Waals surface area contributed by atoms with Gasteiger partial charge in [0.25, 0.3) is 5.91 Å². The van der Waals surface area contributed by atoms with Crippen LogP contribution < -0.4 is 4.74 Å². The SMILES string of the molecule is Cc1cn(-c2ccc(CN3Cc4ccnc(Oc5ccc(C(F)(F)F)cc5F)c4C3=O)cc2)cn1. The van der Waals surface area contributed by atoms with E-state index in [2.05, 4.69) is 9.97 Å². The third-order valence-corrected chi connectivity index (χ3v) is 5.65. The highest BCUT2D eigenvalue weighted by atomic mass is 19.4. The molecule has 3 heterocycles. The van der Waals surface area contributed by atoms with Crippen LogP contribution in [-0.4, -0.2) is 25.3 Å². The maximum Gasteiger partial charge on any atom is 0.416 e. The maximum atomic E-state index is 14.3. The lowest BCUT2D eigenvalue weighted by molar-refractivity contribution is -0.137.